The Balaban J connectivity index is 1.99. The highest BCUT2D eigenvalue weighted by Crippen LogP contribution is 2.15. The van der Waals surface area contributed by atoms with E-state index in [-0.39, 0.29) is 0 Å². The van der Waals surface area contributed by atoms with E-state index in [2.05, 4.69) is 5.10 Å². The van der Waals surface area contributed by atoms with Gasteiger partial charge in [0, 0.05) is 0 Å². The minimum atomic E-state index is 0.575. The molecule has 0 heterocycles. The average Bonchev–Trinajstić information content (AvgIpc) is 2.49. The van der Waals surface area contributed by atoms with Crippen molar-refractivity contribution >= 4 is 5.71 Å². The van der Waals surface area contributed by atoms with Crippen LogP contribution in [0.3, 0.4) is 0 Å². The third kappa shape index (κ3) is 3.58. The molecule has 0 aromatic heterocycles. The Hall–Kier alpha value is -2.29. The molecule has 0 fully saturated rings. The normalized spacial score (nSPS) is 11.3. The Morgan fingerprint density at radius 3 is 2.32 bits per heavy atom. The van der Waals surface area contributed by atoms with Crippen LogP contribution in [0.15, 0.2) is 59.7 Å². The van der Waals surface area contributed by atoms with Gasteiger partial charge in [0.15, 0.2) is 0 Å². The number of ether oxygens (including phenoxy) is 1. The van der Waals surface area contributed by atoms with Gasteiger partial charge in [0.1, 0.15) is 12.4 Å². The molecule has 0 amide bonds. The molecule has 3 nitrogen and oxygen atoms in total. The van der Waals surface area contributed by atoms with E-state index in [9.17, 15) is 0 Å². The molecule has 0 radical (unpaired) electrons. The maximum Gasteiger partial charge on any atom is 0.119 e. The van der Waals surface area contributed by atoms with Gasteiger partial charge in [-0.2, -0.15) is 5.10 Å². The molecule has 0 bridgehead atoms. The standard InChI is InChI=1S/C16H18N2O/c1-2-16(18-17)14-8-10-15(11-9-14)19-12-13-6-4-3-5-7-13/h3-11H,2,12,17H2,1H3. The molecule has 98 valence electrons. The van der Waals surface area contributed by atoms with Crippen molar-refractivity contribution in [1.82, 2.24) is 0 Å². The van der Waals surface area contributed by atoms with Crippen LogP contribution < -0.4 is 10.6 Å². The number of hydrogen-bond donors (Lipinski definition) is 1. The summed E-state index contributed by atoms with van der Waals surface area (Å²) in [5, 5.41) is 3.78. The summed E-state index contributed by atoms with van der Waals surface area (Å²) < 4.78 is 5.72. The van der Waals surface area contributed by atoms with E-state index in [1.54, 1.807) is 0 Å². The van der Waals surface area contributed by atoms with E-state index in [1.807, 2.05) is 61.5 Å². The fourth-order valence-electron chi connectivity index (χ4n) is 1.85. The summed E-state index contributed by atoms with van der Waals surface area (Å²) in [6, 6.07) is 18.0. The van der Waals surface area contributed by atoms with Crippen LogP contribution in [0.1, 0.15) is 24.5 Å². The van der Waals surface area contributed by atoms with Gasteiger partial charge in [0.2, 0.25) is 0 Å². The average molecular weight is 254 g/mol. The molecule has 2 rings (SSSR count). The van der Waals surface area contributed by atoms with Gasteiger partial charge in [0.05, 0.1) is 5.71 Å². The molecule has 0 atom stereocenters. The van der Waals surface area contributed by atoms with E-state index in [0.29, 0.717) is 6.61 Å². The molecule has 19 heavy (non-hydrogen) atoms. The van der Waals surface area contributed by atoms with Crippen LogP contribution in [0.4, 0.5) is 0 Å². The summed E-state index contributed by atoms with van der Waals surface area (Å²) in [5.74, 6) is 6.19. The monoisotopic (exact) mass is 254 g/mol. The molecule has 3 heteroatoms. The minimum Gasteiger partial charge on any atom is -0.489 e. The lowest BCUT2D eigenvalue weighted by Gasteiger charge is -2.07. The van der Waals surface area contributed by atoms with Crippen LogP contribution in [0.5, 0.6) is 5.75 Å². The van der Waals surface area contributed by atoms with Crippen molar-refractivity contribution in [2.45, 2.75) is 20.0 Å². The Labute approximate surface area is 113 Å². The first-order valence-electron chi connectivity index (χ1n) is 6.37. The largest absolute Gasteiger partial charge is 0.489 e. The number of nitrogens with two attached hydrogens (primary N) is 1. The zero-order valence-corrected chi connectivity index (χ0v) is 11.0. The second-order valence-electron chi connectivity index (χ2n) is 4.23. The van der Waals surface area contributed by atoms with Crippen molar-refractivity contribution < 1.29 is 4.74 Å². The number of hydrogen-bond acceptors (Lipinski definition) is 3. The first kappa shape index (κ1) is 13.1. The first-order valence-corrected chi connectivity index (χ1v) is 6.37. The van der Waals surface area contributed by atoms with E-state index < -0.39 is 0 Å². The van der Waals surface area contributed by atoms with Gasteiger partial charge in [0.25, 0.3) is 0 Å². The van der Waals surface area contributed by atoms with Crippen LogP contribution in [0.25, 0.3) is 0 Å². The van der Waals surface area contributed by atoms with Gasteiger partial charge in [-0.25, -0.2) is 0 Å². The van der Waals surface area contributed by atoms with Crippen LogP contribution in [0.2, 0.25) is 0 Å². The van der Waals surface area contributed by atoms with Gasteiger partial charge < -0.3 is 10.6 Å². The zero-order valence-electron chi connectivity index (χ0n) is 11.0. The molecule has 0 unspecified atom stereocenters. The van der Waals surface area contributed by atoms with Crippen molar-refractivity contribution in [1.29, 1.82) is 0 Å². The van der Waals surface area contributed by atoms with Crippen molar-refractivity contribution in [3.8, 4) is 5.75 Å². The predicted molar refractivity (Wildman–Crippen MR) is 78.2 cm³/mol. The quantitative estimate of drug-likeness (QED) is 0.505. The zero-order chi connectivity index (χ0) is 13.5. The Morgan fingerprint density at radius 2 is 1.74 bits per heavy atom. The van der Waals surface area contributed by atoms with Gasteiger partial charge in [-0.1, -0.05) is 37.3 Å². The van der Waals surface area contributed by atoms with E-state index in [0.717, 1.165) is 29.0 Å². The smallest absolute Gasteiger partial charge is 0.119 e. The van der Waals surface area contributed by atoms with E-state index in [4.69, 9.17) is 10.6 Å². The summed E-state index contributed by atoms with van der Waals surface area (Å²) in [6.45, 7) is 2.61. The second-order valence-corrected chi connectivity index (χ2v) is 4.23. The Kier molecular flexibility index (Phi) is 4.56. The molecule has 0 aliphatic heterocycles. The van der Waals surface area contributed by atoms with Crippen molar-refractivity contribution in [2.75, 3.05) is 0 Å². The fourth-order valence-corrected chi connectivity index (χ4v) is 1.85. The highest BCUT2D eigenvalue weighted by Gasteiger charge is 2.01. The highest BCUT2D eigenvalue weighted by molar-refractivity contribution is 6.00. The SMILES string of the molecule is CCC(=NN)c1ccc(OCc2ccccc2)cc1. The molecular formula is C16H18N2O. The first-order chi connectivity index (χ1) is 9.33. The lowest BCUT2D eigenvalue weighted by atomic mass is 10.1. The maximum atomic E-state index is 5.72. The van der Waals surface area contributed by atoms with E-state index >= 15 is 0 Å². The third-order valence-corrected chi connectivity index (χ3v) is 2.93. The summed E-state index contributed by atoms with van der Waals surface area (Å²) >= 11 is 0. The number of nitrogens with zero attached hydrogens (tertiary/aromatic N) is 1. The van der Waals surface area contributed by atoms with Crippen LogP contribution in [0, 0.1) is 0 Å². The fraction of sp³-hybridized carbons (Fsp3) is 0.188. The molecule has 0 saturated heterocycles. The van der Waals surface area contributed by atoms with Gasteiger partial charge in [-0.15, -0.1) is 0 Å². The molecule has 0 aliphatic rings. The summed E-state index contributed by atoms with van der Waals surface area (Å²) in [7, 11) is 0. The maximum absolute atomic E-state index is 5.72. The summed E-state index contributed by atoms with van der Waals surface area (Å²) in [6.07, 6.45) is 0.820. The molecule has 0 saturated carbocycles. The Bertz CT molecular complexity index is 532. The lowest BCUT2D eigenvalue weighted by Crippen LogP contribution is -2.02. The summed E-state index contributed by atoms with van der Waals surface area (Å²) in [5.41, 5.74) is 3.09. The summed E-state index contributed by atoms with van der Waals surface area (Å²) in [4.78, 5) is 0. The van der Waals surface area contributed by atoms with Crippen molar-refractivity contribution in [2.24, 2.45) is 10.9 Å². The molecule has 2 N–H and O–H groups in total. The van der Waals surface area contributed by atoms with Crippen LogP contribution in [-0.2, 0) is 6.61 Å². The van der Waals surface area contributed by atoms with Crippen LogP contribution >= 0.6 is 0 Å². The highest BCUT2D eigenvalue weighted by atomic mass is 16.5. The van der Waals surface area contributed by atoms with Gasteiger partial charge in [-0.05, 0) is 41.8 Å². The van der Waals surface area contributed by atoms with E-state index in [1.165, 1.54) is 0 Å². The third-order valence-electron chi connectivity index (χ3n) is 2.93. The number of hydrazone groups is 1. The Morgan fingerprint density at radius 1 is 1.05 bits per heavy atom. The molecule has 0 spiro atoms. The molecule has 2 aromatic rings. The molecule has 2 aromatic carbocycles. The molecular weight excluding hydrogens is 236 g/mol. The van der Waals surface area contributed by atoms with Gasteiger partial charge >= 0.3 is 0 Å². The number of benzene rings is 2. The lowest BCUT2D eigenvalue weighted by molar-refractivity contribution is 0.306. The topological polar surface area (TPSA) is 47.6 Å². The van der Waals surface area contributed by atoms with Crippen molar-refractivity contribution in [3.63, 3.8) is 0 Å². The molecule has 0 aliphatic carbocycles. The van der Waals surface area contributed by atoms with Gasteiger partial charge in [-0.3, -0.25) is 0 Å². The van der Waals surface area contributed by atoms with Crippen LogP contribution in [-0.4, -0.2) is 5.71 Å². The second kappa shape index (κ2) is 6.59. The predicted octanol–water partition coefficient (Wildman–Crippen LogP) is 3.34. The minimum absolute atomic E-state index is 0.575. The van der Waals surface area contributed by atoms with Crippen molar-refractivity contribution in [3.05, 3.63) is 65.7 Å². The number of rotatable bonds is 5.